The van der Waals surface area contributed by atoms with E-state index in [1.165, 1.54) is 12.1 Å². The molecular weight excluding hydrogens is 643 g/mol. The van der Waals surface area contributed by atoms with Crippen molar-refractivity contribution in [2.24, 2.45) is 5.41 Å². The number of ether oxygens (including phenoxy) is 1. The Morgan fingerprint density at radius 3 is 2.69 bits per heavy atom. The highest BCUT2D eigenvalue weighted by Crippen LogP contribution is 2.69. The summed E-state index contributed by atoms with van der Waals surface area (Å²) >= 11 is 6.50. The number of benzene rings is 2. The van der Waals surface area contributed by atoms with Crippen molar-refractivity contribution in [3.05, 3.63) is 76.5 Å². The van der Waals surface area contributed by atoms with Crippen molar-refractivity contribution < 1.29 is 22.7 Å². The van der Waals surface area contributed by atoms with Gasteiger partial charge in [0.05, 0.1) is 17.3 Å². The van der Waals surface area contributed by atoms with Gasteiger partial charge in [-0.2, -0.15) is 9.97 Å². The molecule has 1 saturated heterocycles. The Hall–Kier alpha value is -4.08. The van der Waals surface area contributed by atoms with E-state index in [2.05, 4.69) is 21.2 Å². The molecule has 4 atom stereocenters. The molecule has 0 N–H and O–H groups in total. The average molecular weight is 680 g/mol. The van der Waals surface area contributed by atoms with E-state index >= 15 is 0 Å². The molecule has 9 nitrogen and oxygen atoms in total. The summed E-state index contributed by atoms with van der Waals surface area (Å²) in [7, 11) is 3.74. The van der Waals surface area contributed by atoms with Crippen molar-refractivity contribution in [1.82, 2.24) is 19.8 Å². The first-order valence-corrected chi connectivity index (χ1v) is 16.6. The molecular formula is C35H37ClF3N7O2. The minimum Gasteiger partial charge on any atom is -0.458 e. The van der Waals surface area contributed by atoms with E-state index in [-0.39, 0.29) is 48.4 Å². The minimum absolute atomic E-state index is 0.0563. The summed E-state index contributed by atoms with van der Waals surface area (Å²) in [5.41, 5.74) is 1.34. The van der Waals surface area contributed by atoms with E-state index in [0.29, 0.717) is 62.5 Å². The molecule has 1 unspecified atom stereocenters. The van der Waals surface area contributed by atoms with Crippen LogP contribution in [0.4, 0.5) is 24.7 Å². The van der Waals surface area contributed by atoms with Crippen molar-refractivity contribution in [2.75, 3.05) is 56.6 Å². The number of nitrogens with zero attached hydrogens (tertiary/aromatic N) is 7. The zero-order valence-electron chi connectivity index (χ0n) is 26.9. The molecule has 252 valence electrons. The third-order valence-electron chi connectivity index (χ3n) is 10.6. The molecule has 2 saturated carbocycles. The van der Waals surface area contributed by atoms with Crippen LogP contribution in [0.2, 0.25) is 5.02 Å². The zero-order valence-corrected chi connectivity index (χ0v) is 27.7. The van der Waals surface area contributed by atoms with Crippen LogP contribution in [0.5, 0.6) is 6.01 Å². The van der Waals surface area contributed by atoms with Gasteiger partial charge in [-0.25, -0.2) is 19.7 Å². The van der Waals surface area contributed by atoms with Crippen LogP contribution in [0.1, 0.15) is 30.5 Å². The molecule has 48 heavy (non-hydrogen) atoms. The number of carbonyl (C=O) groups is 1. The van der Waals surface area contributed by atoms with Gasteiger partial charge in [0, 0.05) is 60.7 Å². The van der Waals surface area contributed by atoms with E-state index in [1.54, 1.807) is 11.0 Å². The molecule has 2 aliphatic carbocycles. The Balaban J connectivity index is 1.26. The normalized spacial score (nSPS) is 26.1. The molecule has 0 bridgehead atoms. The first-order valence-electron chi connectivity index (χ1n) is 16.2. The number of amides is 1. The summed E-state index contributed by atoms with van der Waals surface area (Å²) < 4.78 is 50.2. The van der Waals surface area contributed by atoms with Crippen molar-refractivity contribution in [3.8, 4) is 6.01 Å². The van der Waals surface area contributed by atoms with Gasteiger partial charge in [0.1, 0.15) is 23.8 Å². The molecule has 3 fully saturated rings. The van der Waals surface area contributed by atoms with E-state index in [1.807, 2.05) is 37.2 Å². The fourth-order valence-corrected chi connectivity index (χ4v) is 8.18. The largest absolute Gasteiger partial charge is 0.458 e. The first-order chi connectivity index (χ1) is 22.9. The second-order valence-electron chi connectivity index (χ2n) is 13.6. The Morgan fingerprint density at radius 1 is 1.19 bits per heavy atom. The fraction of sp³-hybridized carbons (Fsp3) is 0.486. The monoisotopic (exact) mass is 679 g/mol. The molecule has 4 aliphatic rings. The third-order valence-corrected chi connectivity index (χ3v) is 10.9. The van der Waals surface area contributed by atoms with E-state index in [9.17, 15) is 18.0 Å². The van der Waals surface area contributed by atoms with E-state index in [4.69, 9.17) is 32.9 Å². The lowest BCUT2D eigenvalue weighted by Crippen LogP contribution is -2.56. The number of hydrogen-bond donors (Lipinski definition) is 0. The standard InChI is InChI=1S/C35H37ClF3N7O2/c1-5-29(47)46-14-13-45(18-22(46)17-40-2)32-23-11-12-44(26-8-6-7-21-9-10-24(37)31(36)30(21)26)19-25(23)41-33(42-32)48-28-16-34(20-35(34,38)39)15-27(28)43(3)4/h5-10,22,27-28H,1,11-20H2,3-4H3/t22-,27+,28+,34?/m0/s1. The Morgan fingerprint density at radius 2 is 1.98 bits per heavy atom. The van der Waals surface area contributed by atoms with Gasteiger partial charge in [-0.3, -0.25) is 4.79 Å². The molecule has 1 amide bonds. The summed E-state index contributed by atoms with van der Waals surface area (Å²) in [6, 6.07) is 8.29. The number of alkyl halides is 2. The van der Waals surface area contributed by atoms with Gasteiger partial charge in [0.25, 0.3) is 5.92 Å². The average Bonchev–Trinajstić information content (AvgIpc) is 3.39. The van der Waals surface area contributed by atoms with Gasteiger partial charge in [-0.15, -0.1) is 0 Å². The maximum absolute atomic E-state index is 14.6. The first kappa shape index (κ1) is 32.5. The lowest BCUT2D eigenvalue weighted by molar-refractivity contribution is -0.128. The zero-order chi connectivity index (χ0) is 34.0. The minimum atomic E-state index is -2.71. The molecule has 3 heterocycles. The highest BCUT2D eigenvalue weighted by molar-refractivity contribution is 6.36. The van der Waals surface area contributed by atoms with Crippen LogP contribution in [0.3, 0.4) is 0 Å². The SMILES string of the molecule is [C-]#[N+]C[C@H]1CN(c2nc(O[C@@H]3CC4(C[C@H]3N(C)C)CC4(F)F)nc3c2CCN(c2cccc4ccc(F)c(Cl)c24)C3)CCN1C(=O)C=C. The lowest BCUT2D eigenvalue weighted by atomic mass is 10.0. The van der Waals surface area contributed by atoms with Crippen molar-refractivity contribution >= 4 is 39.8 Å². The molecule has 1 aromatic heterocycles. The van der Waals surface area contributed by atoms with Gasteiger partial charge < -0.3 is 29.2 Å². The van der Waals surface area contributed by atoms with Crippen LogP contribution in [-0.2, 0) is 17.8 Å². The van der Waals surface area contributed by atoms with Crippen LogP contribution in [0.25, 0.3) is 15.6 Å². The topological polar surface area (TPSA) is 69.4 Å². The summed E-state index contributed by atoms with van der Waals surface area (Å²) in [6.45, 7) is 13.4. The number of anilines is 2. The van der Waals surface area contributed by atoms with Gasteiger partial charge in [-0.1, -0.05) is 36.4 Å². The predicted molar refractivity (Wildman–Crippen MR) is 178 cm³/mol. The summed E-state index contributed by atoms with van der Waals surface area (Å²) in [6.07, 6.45) is 1.70. The molecule has 7 rings (SSSR count). The number of likely N-dealkylation sites (N-methyl/N-ethyl adjacent to an activating group) is 1. The van der Waals surface area contributed by atoms with Gasteiger partial charge >= 0.3 is 6.01 Å². The van der Waals surface area contributed by atoms with Crippen molar-refractivity contribution in [2.45, 2.75) is 56.3 Å². The number of fused-ring (bicyclic) bond motifs is 2. The molecule has 2 aromatic carbocycles. The molecule has 1 spiro atoms. The molecule has 2 aliphatic heterocycles. The third kappa shape index (κ3) is 5.50. The highest BCUT2D eigenvalue weighted by Gasteiger charge is 2.75. The number of hydrogen-bond acceptors (Lipinski definition) is 7. The maximum atomic E-state index is 14.6. The predicted octanol–water partition coefficient (Wildman–Crippen LogP) is 5.60. The van der Waals surface area contributed by atoms with Crippen LogP contribution in [0.15, 0.2) is 43.0 Å². The smallest absolute Gasteiger partial charge is 0.319 e. The van der Waals surface area contributed by atoms with Gasteiger partial charge in [0.15, 0.2) is 0 Å². The summed E-state index contributed by atoms with van der Waals surface area (Å²) in [5, 5.41) is 1.49. The molecule has 13 heteroatoms. The quantitative estimate of drug-likeness (QED) is 0.238. The molecule has 0 radical (unpaired) electrons. The van der Waals surface area contributed by atoms with Crippen molar-refractivity contribution in [3.63, 3.8) is 0 Å². The Labute approximate surface area is 282 Å². The molecule has 3 aromatic rings. The highest BCUT2D eigenvalue weighted by atomic mass is 35.5. The van der Waals surface area contributed by atoms with Crippen LogP contribution >= 0.6 is 11.6 Å². The Bertz CT molecular complexity index is 1830. The van der Waals surface area contributed by atoms with Crippen LogP contribution in [0, 0.1) is 17.8 Å². The van der Waals surface area contributed by atoms with Gasteiger partial charge in [0.2, 0.25) is 12.5 Å². The number of piperazine rings is 1. The number of halogens is 4. The lowest BCUT2D eigenvalue weighted by Gasteiger charge is -2.41. The fourth-order valence-electron chi connectivity index (χ4n) is 7.91. The summed E-state index contributed by atoms with van der Waals surface area (Å²) in [4.78, 5) is 33.8. The second-order valence-corrected chi connectivity index (χ2v) is 14.0. The summed E-state index contributed by atoms with van der Waals surface area (Å²) in [5.74, 6) is -2.77. The maximum Gasteiger partial charge on any atom is 0.319 e. The second kappa shape index (κ2) is 12.1. The van der Waals surface area contributed by atoms with E-state index < -0.39 is 23.3 Å². The van der Waals surface area contributed by atoms with Crippen LogP contribution in [-0.4, -0.2) is 96.6 Å². The van der Waals surface area contributed by atoms with Gasteiger partial charge in [-0.05, 0) is 57.0 Å². The number of carbonyl (C=O) groups excluding carboxylic acids is 1. The number of rotatable bonds is 7. The Kier molecular flexibility index (Phi) is 8.19. The van der Waals surface area contributed by atoms with Crippen molar-refractivity contribution in [1.29, 1.82) is 0 Å². The van der Waals surface area contributed by atoms with Crippen LogP contribution < -0.4 is 14.5 Å². The van der Waals surface area contributed by atoms with E-state index in [0.717, 1.165) is 16.6 Å². The number of aromatic nitrogens is 2.